The number of nitrogens with zero attached hydrogens (tertiary/aromatic N) is 4. The third-order valence-corrected chi connectivity index (χ3v) is 6.11. The van der Waals surface area contributed by atoms with Gasteiger partial charge in [0.05, 0.1) is 28.0 Å². The van der Waals surface area contributed by atoms with Crippen LogP contribution in [0.5, 0.6) is 0 Å². The van der Waals surface area contributed by atoms with Gasteiger partial charge in [0.2, 0.25) is 0 Å². The number of rotatable bonds is 5. The highest BCUT2D eigenvalue weighted by Gasteiger charge is 2.15. The average Bonchev–Trinajstić information content (AvgIpc) is 3.46. The lowest BCUT2D eigenvalue weighted by molar-refractivity contribution is 1.18. The summed E-state index contributed by atoms with van der Waals surface area (Å²) >= 11 is 0. The summed E-state index contributed by atoms with van der Waals surface area (Å²) in [4.78, 5) is 8.94. The van der Waals surface area contributed by atoms with Crippen molar-refractivity contribution in [2.24, 2.45) is 4.99 Å². The molecule has 0 bridgehead atoms. The van der Waals surface area contributed by atoms with E-state index in [1.54, 1.807) is 18.5 Å². The molecule has 34 heavy (non-hydrogen) atoms. The minimum atomic E-state index is 0.738. The molecule has 0 aliphatic carbocycles. The number of aliphatic imine (C=N–C) groups is 1. The molecule has 0 aliphatic rings. The van der Waals surface area contributed by atoms with Crippen LogP contribution in [0.3, 0.4) is 0 Å². The smallest absolute Gasteiger partial charge is 0.0885 e. The van der Waals surface area contributed by atoms with Crippen LogP contribution in [0.2, 0.25) is 0 Å². The third-order valence-electron chi connectivity index (χ3n) is 6.11. The molecule has 0 amide bonds. The van der Waals surface area contributed by atoms with Crippen molar-refractivity contribution in [2.45, 2.75) is 0 Å². The Bertz CT molecular complexity index is 1700. The van der Waals surface area contributed by atoms with Crippen LogP contribution >= 0.6 is 0 Å². The molecule has 4 heteroatoms. The largest absolute Gasteiger partial charge is 0.322 e. The van der Waals surface area contributed by atoms with E-state index in [1.807, 2.05) is 24.4 Å². The normalized spacial score (nSPS) is 12.3. The number of allylic oxidation sites excluding steroid dienone is 1. The summed E-state index contributed by atoms with van der Waals surface area (Å²) < 4.78 is 4.44. The van der Waals surface area contributed by atoms with Gasteiger partial charge in [0.25, 0.3) is 0 Å². The molecule has 6 rings (SSSR count). The van der Waals surface area contributed by atoms with E-state index in [1.165, 1.54) is 27.2 Å². The summed E-state index contributed by atoms with van der Waals surface area (Å²) in [6.07, 6.45) is 9.33. The van der Waals surface area contributed by atoms with Gasteiger partial charge < -0.3 is 9.13 Å². The first kappa shape index (κ1) is 19.9. The maximum Gasteiger partial charge on any atom is 0.0885 e. The van der Waals surface area contributed by atoms with Crippen LogP contribution in [0, 0.1) is 0 Å². The minimum Gasteiger partial charge on any atom is -0.322 e. The molecule has 3 heterocycles. The number of pyridine rings is 1. The van der Waals surface area contributed by atoms with Crippen molar-refractivity contribution in [3.63, 3.8) is 0 Å². The zero-order valence-electron chi connectivity index (χ0n) is 18.5. The number of fused-ring (bicyclic) bond motifs is 5. The molecule has 0 N–H and O–H groups in total. The predicted molar refractivity (Wildman–Crippen MR) is 143 cm³/mol. The lowest BCUT2D eigenvalue weighted by Crippen LogP contribution is -1.98. The number of aromatic nitrogens is 3. The second-order valence-electron chi connectivity index (χ2n) is 8.04. The maximum atomic E-state index is 4.58. The molecule has 0 aliphatic heterocycles. The maximum absolute atomic E-state index is 4.58. The Morgan fingerprint density at radius 1 is 0.765 bits per heavy atom. The quantitative estimate of drug-likeness (QED) is 0.261. The first-order chi connectivity index (χ1) is 16.8. The van der Waals surface area contributed by atoms with Crippen LogP contribution in [-0.2, 0) is 0 Å². The summed E-state index contributed by atoms with van der Waals surface area (Å²) in [5.41, 5.74) is 6.23. The molecular weight excluding hydrogens is 416 g/mol. The van der Waals surface area contributed by atoms with Gasteiger partial charge in [-0.05, 0) is 54.6 Å². The summed E-state index contributed by atoms with van der Waals surface area (Å²) in [5, 5.41) is 3.72. The van der Waals surface area contributed by atoms with Crippen molar-refractivity contribution in [1.82, 2.24) is 14.1 Å². The number of para-hydroxylation sites is 2. The van der Waals surface area contributed by atoms with E-state index in [9.17, 15) is 0 Å². The van der Waals surface area contributed by atoms with Crippen molar-refractivity contribution < 1.29 is 0 Å². The predicted octanol–water partition coefficient (Wildman–Crippen LogP) is 7.24. The molecule has 0 atom stereocenters. The Hall–Kier alpha value is -4.70. The van der Waals surface area contributed by atoms with Crippen molar-refractivity contribution in [1.29, 1.82) is 0 Å². The van der Waals surface area contributed by atoms with Gasteiger partial charge in [-0.3, -0.25) is 9.98 Å². The molecule has 0 fully saturated rings. The first-order valence-corrected chi connectivity index (χ1v) is 11.2. The van der Waals surface area contributed by atoms with E-state index in [2.05, 4.69) is 105 Å². The van der Waals surface area contributed by atoms with Gasteiger partial charge >= 0.3 is 0 Å². The van der Waals surface area contributed by atoms with Crippen molar-refractivity contribution >= 4 is 44.6 Å². The fourth-order valence-corrected chi connectivity index (χ4v) is 4.61. The molecule has 0 radical (unpaired) electrons. The van der Waals surface area contributed by atoms with E-state index < -0.39 is 0 Å². The van der Waals surface area contributed by atoms with Gasteiger partial charge in [-0.1, -0.05) is 49.0 Å². The van der Waals surface area contributed by atoms with Crippen molar-refractivity contribution in [3.8, 4) is 5.69 Å². The Morgan fingerprint density at radius 2 is 1.53 bits per heavy atom. The Morgan fingerprint density at radius 3 is 2.35 bits per heavy atom. The van der Waals surface area contributed by atoms with Crippen LogP contribution in [0.4, 0.5) is 0 Å². The highest BCUT2D eigenvalue weighted by Crippen LogP contribution is 2.37. The topological polar surface area (TPSA) is 35.1 Å². The molecule has 0 unspecified atom stereocenters. The molecule has 3 aromatic carbocycles. The van der Waals surface area contributed by atoms with E-state index in [-0.39, 0.29) is 0 Å². The Balaban J connectivity index is 1.50. The van der Waals surface area contributed by atoms with Crippen LogP contribution in [0.25, 0.3) is 44.6 Å². The standard InChI is InChI=1S/C30H22N4/c1-2-25(26-13-8-9-18-31-26)32-19-21-33-20-17-24-27(33)15-16-29-30(24)23-12-6-7-14-28(23)34(29)22-10-4-3-5-11-22/h2-21H,1H2/b21-19+,32-25+. The lowest BCUT2D eigenvalue weighted by Gasteiger charge is -2.07. The molecule has 4 nitrogen and oxygen atoms in total. The number of benzene rings is 3. The number of hydrogen-bond donors (Lipinski definition) is 0. The van der Waals surface area contributed by atoms with Crippen LogP contribution < -0.4 is 0 Å². The molecule has 6 aromatic rings. The van der Waals surface area contributed by atoms with Gasteiger partial charge in [-0.25, -0.2) is 0 Å². The second kappa shape index (κ2) is 8.34. The van der Waals surface area contributed by atoms with E-state index in [0.29, 0.717) is 0 Å². The monoisotopic (exact) mass is 438 g/mol. The van der Waals surface area contributed by atoms with Gasteiger partial charge in [0.15, 0.2) is 0 Å². The van der Waals surface area contributed by atoms with Gasteiger partial charge in [0.1, 0.15) is 0 Å². The summed E-state index contributed by atoms with van der Waals surface area (Å²) in [7, 11) is 0. The summed E-state index contributed by atoms with van der Waals surface area (Å²) in [6, 6.07) is 31.5. The van der Waals surface area contributed by atoms with E-state index >= 15 is 0 Å². The molecule has 162 valence electrons. The van der Waals surface area contributed by atoms with Crippen LogP contribution in [0.1, 0.15) is 5.69 Å². The molecule has 0 spiro atoms. The zero-order valence-corrected chi connectivity index (χ0v) is 18.5. The molecule has 0 saturated carbocycles. The highest BCUT2D eigenvalue weighted by molar-refractivity contribution is 6.21. The molecular formula is C30H22N4. The van der Waals surface area contributed by atoms with Crippen LogP contribution in [-0.4, -0.2) is 19.8 Å². The Labute approximate surface area is 197 Å². The first-order valence-electron chi connectivity index (χ1n) is 11.2. The molecule has 0 saturated heterocycles. The zero-order chi connectivity index (χ0) is 22.9. The number of hydrogen-bond acceptors (Lipinski definition) is 2. The fourth-order valence-electron chi connectivity index (χ4n) is 4.61. The lowest BCUT2D eigenvalue weighted by atomic mass is 10.1. The minimum absolute atomic E-state index is 0.738. The fraction of sp³-hybridized carbons (Fsp3) is 0. The summed E-state index contributed by atoms with van der Waals surface area (Å²) in [6.45, 7) is 3.88. The van der Waals surface area contributed by atoms with Crippen molar-refractivity contribution in [3.05, 3.63) is 128 Å². The third kappa shape index (κ3) is 3.24. The Kier molecular flexibility index (Phi) is 4.89. The van der Waals surface area contributed by atoms with Gasteiger partial charge in [-0.2, -0.15) is 0 Å². The van der Waals surface area contributed by atoms with E-state index in [0.717, 1.165) is 22.6 Å². The van der Waals surface area contributed by atoms with Gasteiger partial charge in [0, 0.05) is 46.6 Å². The SMILES string of the molecule is C=C/C(=N\C=C\n1ccc2c3c4ccccc4n(-c4ccccc4)c3ccc21)c1ccccn1. The highest BCUT2D eigenvalue weighted by atomic mass is 15.0. The van der Waals surface area contributed by atoms with Gasteiger partial charge in [-0.15, -0.1) is 0 Å². The second-order valence-corrected chi connectivity index (χ2v) is 8.04. The summed E-state index contributed by atoms with van der Waals surface area (Å²) in [5.74, 6) is 0. The van der Waals surface area contributed by atoms with Crippen molar-refractivity contribution in [2.75, 3.05) is 0 Å². The van der Waals surface area contributed by atoms with E-state index in [4.69, 9.17) is 0 Å². The molecule has 3 aromatic heterocycles. The average molecular weight is 439 g/mol. The van der Waals surface area contributed by atoms with Crippen LogP contribution in [0.15, 0.2) is 127 Å².